The first kappa shape index (κ1) is 50.1. The predicted molar refractivity (Wildman–Crippen MR) is 270 cm³/mol. The van der Waals surface area contributed by atoms with E-state index in [-0.39, 0.29) is 18.2 Å². The Morgan fingerprint density at radius 3 is 1.79 bits per heavy atom. The molecule has 70 heavy (non-hydrogen) atoms. The first-order valence-corrected chi connectivity index (χ1v) is 22.4. The van der Waals surface area contributed by atoms with Crippen LogP contribution in [0.15, 0.2) is 110 Å². The van der Waals surface area contributed by atoms with Crippen molar-refractivity contribution in [2.75, 3.05) is 88.7 Å². The van der Waals surface area contributed by atoms with Crippen molar-refractivity contribution >= 4 is 76.2 Å². The molecule has 8 aromatic rings. The van der Waals surface area contributed by atoms with Crippen LogP contribution in [0.1, 0.15) is 40.0 Å². The van der Waals surface area contributed by atoms with Crippen LogP contribution in [0, 0.1) is 0 Å². The third kappa shape index (κ3) is 11.4. The molecule has 3 N–H and O–H groups in total. The molecule has 8 heterocycles. The lowest BCUT2D eigenvalue weighted by atomic mass is 10.1. The number of esters is 2. The average molecular weight is 992 g/mol. The van der Waals surface area contributed by atoms with Crippen LogP contribution in [-0.2, 0) is 14.2 Å². The summed E-state index contributed by atoms with van der Waals surface area (Å²) in [5.41, 5.74) is 13.0. The number of hydrogen-bond donors (Lipinski definition) is 2. The number of piperidine rings is 1. The number of carbonyl (C=O) groups is 2. The molecule has 0 radical (unpaired) electrons. The highest BCUT2D eigenvalue weighted by atomic mass is 35.5. The Bertz CT molecular complexity index is 3070. The topological polar surface area (TPSA) is 211 Å². The number of anilines is 5. The molecule has 2 fully saturated rings. The molecule has 0 unspecified atom stereocenters. The van der Waals surface area contributed by atoms with E-state index in [1.165, 1.54) is 39.7 Å². The zero-order chi connectivity index (χ0) is 48.3. The number of pyridine rings is 2. The van der Waals surface area contributed by atoms with E-state index >= 15 is 0 Å². The highest BCUT2D eigenvalue weighted by Gasteiger charge is 2.20. The fourth-order valence-electron chi connectivity index (χ4n) is 7.91. The van der Waals surface area contributed by atoms with E-state index in [2.05, 4.69) is 56.9 Å². The SMILES string of the molecule is COC(=O)c1cccnc1N.COC(=O)c1cccnc1Nc1nc(-c2ccc(N3CCOCC3)c(OC)c2)cc2nccn12.COc1cc(-c2cc3nccn3c(Cl)n2)ccc1N1CCCCC1.Cl. The standard InChI is InChI=1S/C24H24N6O4.C18H19ClN4O.C7H8N2O2.ClH/c1-32-20-14-16(5-6-19(20)29-10-12-34-13-11-29)18-15-21-25-8-9-30(21)24(27-18)28-22-17(23(31)33-2)4-3-7-26-22;1-24-16-11-13(5-6-15(16)22-8-3-2-4-9-22)14-12-17-20-7-10-23(17)18(19)21-14;1-11-7(10)5-3-2-4-9-6(5)8;/h3-9,14-15H,10-13H2,1-2H3,(H,26,27,28);5-7,10-12H,2-4,8-9H2,1H3;2-4H,1H3,(H2,8,9);1H. The van der Waals surface area contributed by atoms with Gasteiger partial charge < -0.3 is 44.5 Å². The number of rotatable bonds is 10. The van der Waals surface area contributed by atoms with E-state index in [0.717, 1.165) is 71.5 Å². The Labute approximate surface area is 415 Å². The number of benzene rings is 2. The molecule has 2 aliphatic heterocycles. The molecule has 2 aliphatic rings. The number of aromatic nitrogens is 8. The molecule has 0 saturated carbocycles. The van der Waals surface area contributed by atoms with Crippen molar-refractivity contribution in [2.45, 2.75) is 19.3 Å². The van der Waals surface area contributed by atoms with Gasteiger partial charge in [0.1, 0.15) is 45.6 Å². The number of nitrogens with two attached hydrogens (primary N) is 1. The van der Waals surface area contributed by atoms with Crippen molar-refractivity contribution in [3.8, 4) is 34.0 Å². The Morgan fingerprint density at radius 2 is 1.19 bits per heavy atom. The Kier molecular flexibility index (Phi) is 16.8. The Hall–Kier alpha value is -7.74. The summed E-state index contributed by atoms with van der Waals surface area (Å²) < 4.78 is 29.7. The molecule has 2 saturated heterocycles. The number of imidazole rings is 2. The molecule has 0 spiro atoms. The number of morpholine rings is 1. The summed E-state index contributed by atoms with van der Waals surface area (Å²) in [7, 11) is 6.01. The maximum Gasteiger partial charge on any atom is 0.341 e. The van der Waals surface area contributed by atoms with Crippen LogP contribution in [-0.4, -0.2) is 118 Å². The van der Waals surface area contributed by atoms with Crippen molar-refractivity contribution in [1.82, 2.24) is 38.7 Å². The molecule has 0 amide bonds. The lowest BCUT2D eigenvalue weighted by molar-refractivity contribution is 0.0592. The highest BCUT2D eigenvalue weighted by molar-refractivity contribution is 6.28. The third-order valence-electron chi connectivity index (χ3n) is 11.4. The summed E-state index contributed by atoms with van der Waals surface area (Å²) >= 11 is 6.25. The number of halogens is 2. The summed E-state index contributed by atoms with van der Waals surface area (Å²) in [6, 6.07) is 22.6. The maximum atomic E-state index is 12.2. The molecule has 10 rings (SSSR count). The molecular weight excluding hydrogens is 940 g/mol. The first-order valence-electron chi connectivity index (χ1n) is 22.1. The van der Waals surface area contributed by atoms with E-state index in [9.17, 15) is 9.59 Å². The maximum absolute atomic E-state index is 12.2. The van der Waals surface area contributed by atoms with Crippen LogP contribution in [0.2, 0.25) is 5.28 Å². The largest absolute Gasteiger partial charge is 0.495 e. The summed E-state index contributed by atoms with van der Waals surface area (Å²) in [4.78, 5) is 53.8. The number of methoxy groups -OCH3 is 4. The monoisotopic (exact) mass is 990 g/mol. The summed E-state index contributed by atoms with van der Waals surface area (Å²) in [5, 5.41) is 3.57. The second kappa shape index (κ2) is 23.5. The summed E-state index contributed by atoms with van der Waals surface area (Å²) in [6.07, 6.45) is 13.9. The van der Waals surface area contributed by atoms with Crippen LogP contribution in [0.5, 0.6) is 11.5 Å². The van der Waals surface area contributed by atoms with Crippen molar-refractivity contribution < 1.29 is 33.3 Å². The van der Waals surface area contributed by atoms with Gasteiger partial charge in [-0.1, -0.05) is 12.1 Å². The van der Waals surface area contributed by atoms with E-state index in [1.807, 2.05) is 36.4 Å². The van der Waals surface area contributed by atoms with Crippen LogP contribution in [0.4, 0.5) is 29.0 Å². The molecule has 2 aromatic carbocycles. The van der Waals surface area contributed by atoms with Gasteiger partial charge in [0.15, 0.2) is 0 Å². The van der Waals surface area contributed by atoms with Gasteiger partial charge in [0.25, 0.3) is 0 Å². The number of carbonyl (C=O) groups excluding carboxylic acids is 2. The van der Waals surface area contributed by atoms with E-state index in [4.69, 9.17) is 41.3 Å². The lowest BCUT2D eigenvalue weighted by Crippen LogP contribution is -2.36. The second-order valence-electron chi connectivity index (χ2n) is 15.6. The molecule has 364 valence electrons. The summed E-state index contributed by atoms with van der Waals surface area (Å²) in [5.74, 6) is 1.68. The van der Waals surface area contributed by atoms with Gasteiger partial charge in [0.2, 0.25) is 11.2 Å². The molecular formula is C49H52Cl2N12O7. The fraction of sp³-hybridized carbons (Fsp3) is 0.265. The van der Waals surface area contributed by atoms with Gasteiger partial charge in [0, 0.05) is 86.6 Å². The Morgan fingerprint density at radius 1 is 0.643 bits per heavy atom. The Balaban J connectivity index is 0.000000174. The normalized spacial score (nSPS) is 13.2. The van der Waals surface area contributed by atoms with Gasteiger partial charge >= 0.3 is 11.9 Å². The zero-order valence-corrected chi connectivity index (χ0v) is 40.5. The minimum atomic E-state index is -0.489. The van der Waals surface area contributed by atoms with Crippen molar-refractivity contribution in [2.24, 2.45) is 0 Å². The van der Waals surface area contributed by atoms with Gasteiger partial charge in [-0.05, 0) is 79.4 Å². The van der Waals surface area contributed by atoms with Crippen LogP contribution in [0.3, 0.4) is 0 Å². The minimum Gasteiger partial charge on any atom is -0.495 e. The highest BCUT2D eigenvalue weighted by Crippen LogP contribution is 2.36. The lowest BCUT2D eigenvalue weighted by Gasteiger charge is -2.30. The van der Waals surface area contributed by atoms with Crippen LogP contribution < -0.4 is 30.3 Å². The smallest absolute Gasteiger partial charge is 0.341 e. The number of ether oxygens (including phenoxy) is 5. The molecule has 0 aliphatic carbocycles. The van der Waals surface area contributed by atoms with Crippen LogP contribution >= 0.6 is 24.0 Å². The third-order valence-corrected chi connectivity index (χ3v) is 11.7. The molecule has 0 atom stereocenters. The molecule has 21 heteroatoms. The minimum absolute atomic E-state index is 0. The van der Waals surface area contributed by atoms with Crippen molar-refractivity contribution in [1.29, 1.82) is 0 Å². The molecule has 0 bridgehead atoms. The number of nitrogen functional groups attached to an aromatic ring is 1. The van der Waals surface area contributed by atoms with Gasteiger partial charge in [-0.25, -0.2) is 39.5 Å². The molecule has 19 nitrogen and oxygen atoms in total. The van der Waals surface area contributed by atoms with Crippen molar-refractivity contribution in [3.63, 3.8) is 0 Å². The fourth-order valence-corrected chi connectivity index (χ4v) is 8.15. The van der Waals surface area contributed by atoms with E-state index in [1.54, 1.807) is 78.3 Å². The predicted octanol–water partition coefficient (Wildman–Crippen LogP) is 8.09. The van der Waals surface area contributed by atoms with Crippen molar-refractivity contribution in [3.05, 3.63) is 126 Å². The van der Waals surface area contributed by atoms with E-state index < -0.39 is 11.9 Å². The second-order valence-corrected chi connectivity index (χ2v) is 15.9. The zero-order valence-electron chi connectivity index (χ0n) is 38.9. The van der Waals surface area contributed by atoms with E-state index in [0.29, 0.717) is 52.7 Å². The number of fused-ring (bicyclic) bond motifs is 2. The first-order chi connectivity index (χ1) is 33.7. The molecule has 6 aromatic heterocycles. The van der Waals surface area contributed by atoms with Gasteiger partial charge in [-0.15, -0.1) is 12.4 Å². The van der Waals surface area contributed by atoms with Gasteiger partial charge in [0.05, 0.1) is 64.4 Å². The summed E-state index contributed by atoms with van der Waals surface area (Å²) in [6.45, 7) is 5.18. The number of nitrogens with one attached hydrogen (secondary N) is 1. The van der Waals surface area contributed by atoms with Gasteiger partial charge in [-0.3, -0.25) is 8.80 Å². The van der Waals surface area contributed by atoms with Gasteiger partial charge in [-0.2, -0.15) is 0 Å². The number of nitrogens with zero attached hydrogens (tertiary/aromatic N) is 10. The quantitative estimate of drug-likeness (QED) is 0.0979. The van der Waals surface area contributed by atoms with Crippen LogP contribution in [0.25, 0.3) is 33.8 Å². The average Bonchev–Trinajstić information content (AvgIpc) is 4.10. The number of hydrogen-bond acceptors (Lipinski definition) is 17.